The van der Waals surface area contributed by atoms with Crippen LogP contribution in [0.2, 0.25) is 0 Å². The molecular weight excluding hydrogens is 328 g/mol. The van der Waals surface area contributed by atoms with Crippen molar-refractivity contribution in [3.8, 4) is 28.4 Å². The Hall–Kier alpha value is -2.82. The van der Waals surface area contributed by atoms with Crippen LogP contribution in [-0.2, 0) is 0 Å². The molecule has 26 heavy (non-hydrogen) atoms. The van der Waals surface area contributed by atoms with Crippen LogP contribution in [0.4, 0.5) is 0 Å². The van der Waals surface area contributed by atoms with E-state index in [1.165, 1.54) is 0 Å². The number of hydrogen-bond donors (Lipinski definition) is 2. The molecule has 0 aliphatic heterocycles. The molecular formula is C22H22O4. The summed E-state index contributed by atoms with van der Waals surface area (Å²) in [5, 5.41) is 18.2. The highest BCUT2D eigenvalue weighted by molar-refractivity contribution is 5.68. The first-order valence-electron chi connectivity index (χ1n) is 8.51. The van der Waals surface area contributed by atoms with Crippen molar-refractivity contribution in [1.82, 2.24) is 0 Å². The van der Waals surface area contributed by atoms with Crippen molar-refractivity contribution < 1.29 is 19.7 Å². The van der Waals surface area contributed by atoms with Crippen molar-refractivity contribution in [3.63, 3.8) is 0 Å². The fourth-order valence-electron chi connectivity index (χ4n) is 2.62. The second kappa shape index (κ2) is 8.52. The number of benzene rings is 3. The standard InChI is InChI=1S/C22H22O4/c1-16-13-21(25-15-18(24)14-23)11-12-22(16)17-7-9-20(10-8-17)26-19-5-3-2-4-6-19/h2-13,18,23-24H,14-15H2,1H3. The van der Waals surface area contributed by atoms with Crippen LogP contribution in [0.1, 0.15) is 5.56 Å². The lowest BCUT2D eigenvalue weighted by molar-refractivity contribution is 0.0536. The molecule has 4 heteroatoms. The number of aliphatic hydroxyl groups excluding tert-OH is 2. The summed E-state index contributed by atoms with van der Waals surface area (Å²) in [6, 6.07) is 23.4. The van der Waals surface area contributed by atoms with E-state index in [0.29, 0.717) is 5.75 Å². The summed E-state index contributed by atoms with van der Waals surface area (Å²) < 4.78 is 11.3. The number of hydrogen-bond acceptors (Lipinski definition) is 4. The molecule has 0 aromatic heterocycles. The van der Waals surface area contributed by atoms with Crippen LogP contribution in [0.15, 0.2) is 72.8 Å². The third-order valence-electron chi connectivity index (χ3n) is 4.00. The molecule has 0 fully saturated rings. The normalized spacial score (nSPS) is 11.8. The van der Waals surface area contributed by atoms with E-state index in [0.717, 1.165) is 28.2 Å². The smallest absolute Gasteiger partial charge is 0.127 e. The third-order valence-corrected chi connectivity index (χ3v) is 4.00. The van der Waals surface area contributed by atoms with E-state index in [-0.39, 0.29) is 13.2 Å². The van der Waals surface area contributed by atoms with Crippen LogP contribution >= 0.6 is 0 Å². The van der Waals surface area contributed by atoms with Gasteiger partial charge in [0.15, 0.2) is 0 Å². The first-order chi connectivity index (χ1) is 12.7. The molecule has 3 aromatic carbocycles. The Labute approximate surface area is 153 Å². The van der Waals surface area contributed by atoms with Gasteiger partial charge in [-0.05, 0) is 60.0 Å². The molecule has 3 aromatic rings. The van der Waals surface area contributed by atoms with Crippen molar-refractivity contribution in [3.05, 3.63) is 78.4 Å². The molecule has 0 spiro atoms. The minimum atomic E-state index is -0.868. The molecule has 0 radical (unpaired) electrons. The molecule has 0 saturated heterocycles. The van der Waals surface area contributed by atoms with E-state index in [9.17, 15) is 5.11 Å². The van der Waals surface area contributed by atoms with Gasteiger partial charge < -0.3 is 19.7 Å². The number of ether oxygens (including phenoxy) is 2. The van der Waals surface area contributed by atoms with Crippen LogP contribution in [0.5, 0.6) is 17.2 Å². The second-order valence-corrected chi connectivity index (χ2v) is 6.06. The van der Waals surface area contributed by atoms with Gasteiger partial charge in [-0.15, -0.1) is 0 Å². The first-order valence-corrected chi connectivity index (χ1v) is 8.51. The van der Waals surface area contributed by atoms with Gasteiger partial charge in [-0.3, -0.25) is 0 Å². The largest absolute Gasteiger partial charge is 0.491 e. The molecule has 0 aliphatic rings. The SMILES string of the molecule is Cc1cc(OCC(O)CO)ccc1-c1ccc(Oc2ccccc2)cc1. The van der Waals surface area contributed by atoms with Gasteiger partial charge in [0.1, 0.15) is 30.0 Å². The predicted octanol–water partition coefficient (Wildman–Crippen LogP) is 4.19. The number of rotatable bonds is 7. The van der Waals surface area contributed by atoms with Crippen LogP contribution in [-0.4, -0.2) is 29.5 Å². The Morgan fingerprint density at radius 1 is 0.846 bits per heavy atom. The number of aliphatic hydroxyl groups is 2. The average molecular weight is 350 g/mol. The summed E-state index contributed by atoms with van der Waals surface area (Å²) in [5.41, 5.74) is 3.26. The van der Waals surface area contributed by atoms with Crippen LogP contribution in [0.25, 0.3) is 11.1 Å². The number of para-hydroxylation sites is 1. The maximum Gasteiger partial charge on any atom is 0.127 e. The first kappa shape index (κ1) is 18.0. The quantitative estimate of drug-likeness (QED) is 0.671. The zero-order valence-corrected chi connectivity index (χ0v) is 14.6. The summed E-state index contributed by atoms with van der Waals surface area (Å²) >= 11 is 0. The van der Waals surface area contributed by atoms with Gasteiger partial charge >= 0.3 is 0 Å². The summed E-state index contributed by atoms with van der Waals surface area (Å²) in [5.74, 6) is 2.27. The fraction of sp³-hybridized carbons (Fsp3) is 0.182. The zero-order valence-electron chi connectivity index (χ0n) is 14.6. The molecule has 4 nitrogen and oxygen atoms in total. The van der Waals surface area contributed by atoms with Gasteiger partial charge in [0.25, 0.3) is 0 Å². The summed E-state index contributed by atoms with van der Waals surface area (Å²) in [7, 11) is 0. The third kappa shape index (κ3) is 4.63. The maximum absolute atomic E-state index is 9.37. The lowest BCUT2D eigenvalue weighted by Crippen LogP contribution is -2.21. The Bertz CT molecular complexity index is 829. The van der Waals surface area contributed by atoms with Gasteiger partial charge in [0, 0.05) is 0 Å². The molecule has 0 saturated carbocycles. The van der Waals surface area contributed by atoms with Crippen molar-refractivity contribution in [2.45, 2.75) is 13.0 Å². The van der Waals surface area contributed by atoms with Crippen molar-refractivity contribution in [2.24, 2.45) is 0 Å². The van der Waals surface area contributed by atoms with Gasteiger partial charge in [-0.25, -0.2) is 0 Å². The minimum Gasteiger partial charge on any atom is -0.491 e. The average Bonchev–Trinajstić information content (AvgIpc) is 2.68. The monoisotopic (exact) mass is 350 g/mol. The molecule has 2 N–H and O–H groups in total. The van der Waals surface area contributed by atoms with Crippen molar-refractivity contribution in [2.75, 3.05) is 13.2 Å². The van der Waals surface area contributed by atoms with E-state index in [4.69, 9.17) is 14.6 Å². The van der Waals surface area contributed by atoms with Gasteiger partial charge in [0.2, 0.25) is 0 Å². The van der Waals surface area contributed by atoms with Crippen LogP contribution in [0, 0.1) is 6.92 Å². The Morgan fingerprint density at radius 3 is 2.15 bits per heavy atom. The Morgan fingerprint density at radius 2 is 1.50 bits per heavy atom. The Kier molecular flexibility index (Phi) is 5.89. The van der Waals surface area contributed by atoms with Gasteiger partial charge in [0.05, 0.1) is 6.61 Å². The predicted molar refractivity (Wildman–Crippen MR) is 102 cm³/mol. The minimum absolute atomic E-state index is 0.0702. The highest BCUT2D eigenvalue weighted by Gasteiger charge is 2.07. The molecule has 1 atom stereocenters. The topological polar surface area (TPSA) is 58.9 Å². The highest BCUT2D eigenvalue weighted by Crippen LogP contribution is 2.29. The van der Waals surface area contributed by atoms with Crippen LogP contribution < -0.4 is 9.47 Å². The molecule has 0 amide bonds. The molecule has 3 rings (SSSR count). The van der Waals surface area contributed by atoms with Gasteiger partial charge in [-0.2, -0.15) is 0 Å². The molecule has 0 bridgehead atoms. The lowest BCUT2D eigenvalue weighted by atomic mass is 10.0. The van der Waals surface area contributed by atoms with E-state index < -0.39 is 6.10 Å². The molecule has 0 heterocycles. The molecule has 134 valence electrons. The summed E-state index contributed by atoms with van der Waals surface area (Å²) in [4.78, 5) is 0. The van der Waals surface area contributed by atoms with Crippen LogP contribution in [0.3, 0.4) is 0 Å². The zero-order chi connectivity index (χ0) is 18.4. The van der Waals surface area contributed by atoms with Gasteiger partial charge in [-0.1, -0.05) is 36.4 Å². The second-order valence-electron chi connectivity index (χ2n) is 6.06. The number of aryl methyl sites for hydroxylation is 1. The Balaban J connectivity index is 1.70. The maximum atomic E-state index is 9.37. The van der Waals surface area contributed by atoms with E-state index in [2.05, 4.69) is 0 Å². The van der Waals surface area contributed by atoms with E-state index >= 15 is 0 Å². The fourth-order valence-corrected chi connectivity index (χ4v) is 2.62. The van der Waals surface area contributed by atoms with Crippen molar-refractivity contribution in [1.29, 1.82) is 0 Å². The van der Waals surface area contributed by atoms with Crippen molar-refractivity contribution >= 4 is 0 Å². The van der Waals surface area contributed by atoms with E-state index in [1.807, 2.05) is 79.7 Å². The molecule has 1 unspecified atom stereocenters. The lowest BCUT2D eigenvalue weighted by Gasteiger charge is -2.13. The summed E-state index contributed by atoms with van der Waals surface area (Å²) in [6.07, 6.45) is -0.868. The summed E-state index contributed by atoms with van der Waals surface area (Å²) in [6.45, 7) is 1.77. The van der Waals surface area contributed by atoms with E-state index in [1.54, 1.807) is 0 Å². The highest BCUT2D eigenvalue weighted by atomic mass is 16.5. The molecule has 0 aliphatic carbocycles.